The molecule has 0 rings (SSSR count). The fourth-order valence-corrected chi connectivity index (χ4v) is 7.45. The molecule has 1 amide bonds. The minimum Gasteiger partial charge on any atom is -0.462 e. The topological polar surface area (TPSA) is 95.9 Å². The van der Waals surface area contributed by atoms with E-state index < -0.39 is 18.2 Å². The molecule has 6 heteroatoms. The highest BCUT2D eigenvalue weighted by Crippen LogP contribution is 2.18. The van der Waals surface area contributed by atoms with Crippen molar-refractivity contribution in [3.8, 4) is 0 Å². The predicted molar refractivity (Wildman–Crippen MR) is 273 cm³/mol. The lowest BCUT2D eigenvalue weighted by atomic mass is 10.0. The average Bonchev–Trinajstić information content (AvgIpc) is 3.28. The van der Waals surface area contributed by atoms with Crippen LogP contribution in [-0.4, -0.2) is 46.9 Å². The fraction of sp³-hybridized carbons (Fsp3) is 0.684. The summed E-state index contributed by atoms with van der Waals surface area (Å²) in [4.78, 5) is 26.1. The standard InChI is InChI=1S/C57H97NO5/c1-4-7-10-13-16-19-22-25-27-29-31-34-37-40-43-46-49-55(60)54(52-59)58-56(61)51-53(48-45-42-39-36-33-30-24-21-18-15-12-9-6-3)63-57(62)50-47-44-41-38-35-32-28-26-23-20-17-14-11-8-5-2/h8-9,11-12,14-15,17-18,20-21,23-24,26,28,32,35,53-55,59-60H,4-7,10,13,16,19,22,25,27,29-31,33-34,36-52H2,1-3H3,(H,58,61)/b11-8+,12-9+,17-14+,18-15+,23-20-,24-21+,28-26-,35-32+. The number of allylic oxidation sites excluding steroid dienone is 16. The molecule has 0 aliphatic heterocycles. The molecule has 3 N–H and O–H groups in total. The van der Waals surface area contributed by atoms with E-state index in [9.17, 15) is 19.8 Å². The maximum Gasteiger partial charge on any atom is 0.306 e. The number of aliphatic hydroxyl groups excluding tert-OH is 2. The lowest BCUT2D eigenvalue weighted by Gasteiger charge is -2.24. The van der Waals surface area contributed by atoms with Gasteiger partial charge in [-0.1, -0.05) is 246 Å². The summed E-state index contributed by atoms with van der Waals surface area (Å²) in [5, 5.41) is 23.8. The van der Waals surface area contributed by atoms with Crippen molar-refractivity contribution in [3.05, 3.63) is 97.2 Å². The Bertz CT molecular complexity index is 1260. The number of hydrogen-bond acceptors (Lipinski definition) is 5. The Hall–Kier alpha value is -3.22. The van der Waals surface area contributed by atoms with Crippen LogP contribution in [0.5, 0.6) is 0 Å². The van der Waals surface area contributed by atoms with Crippen molar-refractivity contribution < 1.29 is 24.5 Å². The van der Waals surface area contributed by atoms with Gasteiger partial charge in [-0.15, -0.1) is 0 Å². The largest absolute Gasteiger partial charge is 0.462 e. The minimum atomic E-state index is -0.807. The summed E-state index contributed by atoms with van der Waals surface area (Å²) in [5.74, 6) is -0.550. The average molecular weight is 876 g/mol. The molecule has 6 nitrogen and oxygen atoms in total. The van der Waals surface area contributed by atoms with Gasteiger partial charge >= 0.3 is 5.97 Å². The van der Waals surface area contributed by atoms with Crippen molar-refractivity contribution in [1.29, 1.82) is 0 Å². The SMILES string of the molecule is CC/C=C/C=C/C=C\C=C/C=C/CCCCCC(=O)OC(CCCCCCC/C=C/C=C/C=C/CC)CC(=O)NC(CO)C(O)CCCCCCCCCCCCCCCCCC. The van der Waals surface area contributed by atoms with Gasteiger partial charge in [-0.2, -0.15) is 0 Å². The van der Waals surface area contributed by atoms with Crippen LogP contribution >= 0.6 is 0 Å². The van der Waals surface area contributed by atoms with Crippen LogP contribution in [0.2, 0.25) is 0 Å². The maximum absolute atomic E-state index is 13.2. The van der Waals surface area contributed by atoms with E-state index in [0.717, 1.165) is 96.3 Å². The number of amides is 1. The molecule has 0 radical (unpaired) electrons. The Morgan fingerprint density at radius 3 is 1.30 bits per heavy atom. The number of unbranched alkanes of at least 4 members (excludes halogenated alkanes) is 23. The summed E-state index contributed by atoms with van der Waals surface area (Å²) in [5.41, 5.74) is 0. The fourth-order valence-electron chi connectivity index (χ4n) is 7.45. The highest BCUT2D eigenvalue weighted by molar-refractivity contribution is 5.77. The molecule has 3 atom stereocenters. The van der Waals surface area contributed by atoms with E-state index >= 15 is 0 Å². The maximum atomic E-state index is 13.2. The van der Waals surface area contributed by atoms with E-state index in [-0.39, 0.29) is 24.9 Å². The van der Waals surface area contributed by atoms with E-state index in [1.54, 1.807) is 0 Å². The molecule has 0 aromatic rings. The lowest BCUT2D eigenvalue weighted by Crippen LogP contribution is -2.46. The van der Waals surface area contributed by atoms with Gasteiger partial charge in [0, 0.05) is 6.42 Å². The van der Waals surface area contributed by atoms with Crippen LogP contribution in [0.4, 0.5) is 0 Å². The van der Waals surface area contributed by atoms with E-state index in [1.807, 2.05) is 42.5 Å². The number of ether oxygens (including phenoxy) is 1. The molecular weight excluding hydrogens is 779 g/mol. The molecule has 0 heterocycles. The van der Waals surface area contributed by atoms with Gasteiger partial charge in [-0.3, -0.25) is 9.59 Å². The van der Waals surface area contributed by atoms with Gasteiger partial charge in [0.15, 0.2) is 0 Å². The first kappa shape index (κ1) is 59.8. The highest BCUT2D eigenvalue weighted by atomic mass is 16.5. The molecule has 0 saturated carbocycles. The third-order valence-corrected chi connectivity index (χ3v) is 11.3. The Balaban J connectivity index is 4.65. The Kier molecular flexibility index (Phi) is 47.2. The molecule has 0 aliphatic carbocycles. The molecule has 3 unspecified atom stereocenters. The van der Waals surface area contributed by atoms with Crippen LogP contribution < -0.4 is 5.32 Å². The molecule has 0 bridgehead atoms. The monoisotopic (exact) mass is 876 g/mol. The van der Waals surface area contributed by atoms with Crippen molar-refractivity contribution in [3.63, 3.8) is 0 Å². The Morgan fingerprint density at radius 1 is 0.476 bits per heavy atom. The summed E-state index contributed by atoms with van der Waals surface area (Å²) in [7, 11) is 0. The zero-order chi connectivity index (χ0) is 45.9. The number of hydrogen-bond donors (Lipinski definition) is 3. The summed E-state index contributed by atoms with van der Waals surface area (Å²) in [6, 6.07) is -0.723. The molecule has 0 saturated heterocycles. The van der Waals surface area contributed by atoms with Gasteiger partial charge in [-0.25, -0.2) is 0 Å². The second-order valence-electron chi connectivity index (χ2n) is 17.3. The first-order valence-electron chi connectivity index (χ1n) is 26.1. The smallest absolute Gasteiger partial charge is 0.306 e. The summed E-state index contributed by atoms with van der Waals surface area (Å²) in [6.07, 6.45) is 66.1. The summed E-state index contributed by atoms with van der Waals surface area (Å²) in [6.45, 7) is 6.19. The van der Waals surface area contributed by atoms with Gasteiger partial charge in [0.2, 0.25) is 5.91 Å². The van der Waals surface area contributed by atoms with Crippen molar-refractivity contribution in [1.82, 2.24) is 5.32 Å². The van der Waals surface area contributed by atoms with Crippen LogP contribution in [0, 0.1) is 0 Å². The normalized spacial score (nSPS) is 14.0. The zero-order valence-corrected chi connectivity index (χ0v) is 40.9. The quantitative estimate of drug-likeness (QED) is 0.0322. The minimum absolute atomic E-state index is 0.0411. The van der Waals surface area contributed by atoms with Gasteiger partial charge in [0.25, 0.3) is 0 Å². The molecule has 0 spiro atoms. The molecule has 0 aromatic heterocycles. The van der Waals surface area contributed by atoms with Crippen LogP contribution in [-0.2, 0) is 14.3 Å². The van der Waals surface area contributed by atoms with E-state index in [0.29, 0.717) is 19.3 Å². The number of aliphatic hydroxyl groups is 2. The van der Waals surface area contributed by atoms with Gasteiger partial charge in [0.1, 0.15) is 6.10 Å². The number of carbonyl (C=O) groups is 2. The van der Waals surface area contributed by atoms with Crippen molar-refractivity contribution in [2.45, 2.75) is 244 Å². The predicted octanol–water partition coefficient (Wildman–Crippen LogP) is 15.7. The number of rotatable bonds is 45. The molecule has 360 valence electrons. The zero-order valence-electron chi connectivity index (χ0n) is 40.9. The number of carbonyl (C=O) groups excluding carboxylic acids is 2. The summed E-state index contributed by atoms with van der Waals surface area (Å²) >= 11 is 0. The third kappa shape index (κ3) is 45.2. The second-order valence-corrected chi connectivity index (χ2v) is 17.3. The van der Waals surface area contributed by atoms with Gasteiger partial charge in [-0.05, 0) is 64.2 Å². The highest BCUT2D eigenvalue weighted by Gasteiger charge is 2.24. The first-order chi connectivity index (χ1) is 31.0. The molecular formula is C57H97NO5. The van der Waals surface area contributed by atoms with Gasteiger partial charge in [0.05, 0.1) is 25.2 Å². The van der Waals surface area contributed by atoms with Crippen molar-refractivity contribution >= 4 is 11.9 Å². The molecule has 0 aromatic carbocycles. The van der Waals surface area contributed by atoms with Gasteiger partial charge < -0.3 is 20.3 Å². The van der Waals surface area contributed by atoms with Crippen LogP contribution in [0.3, 0.4) is 0 Å². The Morgan fingerprint density at radius 2 is 0.857 bits per heavy atom. The van der Waals surface area contributed by atoms with E-state index in [2.05, 4.69) is 80.8 Å². The van der Waals surface area contributed by atoms with E-state index in [4.69, 9.17) is 4.74 Å². The lowest BCUT2D eigenvalue weighted by molar-refractivity contribution is -0.151. The van der Waals surface area contributed by atoms with E-state index in [1.165, 1.54) is 83.5 Å². The van der Waals surface area contributed by atoms with Crippen LogP contribution in [0.1, 0.15) is 226 Å². The van der Waals surface area contributed by atoms with Crippen LogP contribution in [0.25, 0.3) is 0 Å². The first-order valence-corrected chi connectivity index (χ1v) is 26.1. The Labute approximate surface area is 388 Å². The number of nitrogens with one attached hydrogen (secondary N) is 1. The number of esters is 1. The third-order valence-electron chi connectivity index (χ3n) is 11.3. The van der Waals surface area contributed by atoms with Crippen molar-refractivity contribution in [2.24, 2.45) is 0 Å². The molecule has 63 heavy (non-hydrogen) atoms. The summed E-state index contributed by atoms with van der Waals surface area (Å²) < 4.78 is 5.90. The van der Waals surface area contributed by atoms with Crippen molar-refractivity contribution in [2.75, 3.05) is 6.61 Å². The molecule has 0 aliphatic rings. The molecule has 0 fully saturated rings. The second kappa shape index (κ2) is 49.8. The van der Waals surface area contributed by atoms with Crippen LogP contribution in [0.15, 0.2) is 97.2 Å².